The van der Waals surface area contributed by atoms with E-state index in [9.17, 15) is 0 Å². The van der Waals surface area contributed by atoms with E-state index in [1.807, 2.05) is 25.1 Å². The first-order valence-electron chi connectivity index (χ1n) is 7.11. The quantitative estimate of drug-likeness (QED) is 0.431. The number of nitrogens with one attached hydrogen (secondary N) is 1. The first-order valence-corrected chi connectivity index (χ1v) is 7.93. The minimum Gasteiger partial charge on any atom is -0.370 e. The van der Waals surface area contributed by atoms with Gasteiger partial charge in [-0.15, -0.1) is 35.3 Å². The molecular weight excluding hydrogens is 407 g/mol. The molecule has 120 valence electrons. The molecule has 2 rings (SSSR count). The topological polar surface area (TPSA) is 63.3 Å². The van der Waals surface area contributed by atoms with Gasteiger partial charge in [0, 0.05) is 17.0 Å². The number of halogens is 1. The van der Waals surface area contributed by atoms with Gasteiger partial charge in [0.25, 0.3) is 0 Å². The van der Waals surface area contributed by atoms with Crippen LogP contribution in [-0.2, 0) is 6.54 Å². The predicted octanol–water partition coefficient (Wildman–Crippen LogP) is 3.80. The molecule has 0 aliphatic heterocycles. The lowest BCUT2D eigenvalue weighted by Crippen LogP contribution is -2.34. The highest BCUT2D eigenvalue weighted by atomic mass is 127. The van der Waals surface area contributed by atoms with Crippen LogP contribution in [0.5, 0.6) is 0 Å². The maximum Gasteiger partial charge on any atom is 0.188 e. The lowest BCUT2D eigenvalue weighted by molar-refractivity contribution is 0.622. The zero-order valence-corrected chi connectivity index (χ0v) is 16.3. The number of benzene rings is 1. The van der Waals surface area contributed by atoms with E-state index in [0.29, 0.717) is 18.4 Å². The molecule has 0 spiro atoms. The summed E-state index contributed by atoms with van der Waals surface area (Å²) in [6.07, 6.45) is 0. The van der Waals surface area contributed by atoms with E-state index in [1.54, 1.807) is 11.3 Å². The van der Waals surface area contributed by atoms with Crippen molar-refractivity contribution in [1.82, 2.24) is 10.3 Å². The van der Waals surface area contributed by atoms with Crippen LogP contribution in [0.2, 0.25) is 0 Å². The fourth-order valence-electron chi connectivity index (χ4n) is 1.80. The monoisotopic (exact) mass is 430 g/mol. The Labute approximate surface area is 153 Å². The van der Waals surface area contributed by atoms with Crippen LogP contribution in [-0.4, -0.2) is 17.5 Å². The molecule has 1 heterocycles. The largest absolute Gasteiger partial charge is 0.370 e. The zero-order valence-electron chi connectivity index (χ0n) is 13.2. The van der Waals surface area contributed by atoms with Gasteiger partial charge in [0.1, 0.15) is 5.01 Å². The smallest absolute Gasteiger partial charge is 0.188 e. The number of aliphatic imine (C=N–C) groups is 1. The number of nitrogens with zero attached hydrogens (tertiary/aromatic N) is 2. The van der Waals surface area contributed by atoms with Crippen molar-refractivity contribution in [3.63, 3.8) is 0 Å². The number of rotatable bonds is 5. The number of nitrogens with two attached hydrogens (primary N) is 1. The molecule has 0 atom stereocenters. The van der Waals surface area contributed by atoms with E-state index in [0.717, 1.165) is 27.7 Å². The van der Waals surface area contributed by atoms with Gasteiger partial charge >= 0.3 is 0 Å². The number of hydrogen-bond acceptors (Lipinski definition) is 3. The van der Waals surface area contributed by atoms with Crippen LogP contribution in [0.3, 0.4) is 0 Å². The van der Waals surface area contributed by atoms with Crippen LogP contribution in [0.1, 0.15) is 24.4 Å². The highest BCUT2D eigenvalue weighted by Crippen LogP contribution is 2.28. The van der Waals surface area contributed by atoms with Crippen molar-refractivity contribution in [3.8, 4) is 10.6 Å². The molecule has 0 radical (unpaired) electrons. The van der Waals surface area contributed by atoms with Gasteiger partial charge in [-0.05, 0) is 12.8 Å². The molecule has 22 heavy (non-hydrogen) atoms. The van der Waals surface area contributed by atoms with Crippen LogP contribution in [0.15, 0.2) is 35.3 Å². The molecule has 0 amide bonds. The van der Waals surface area contributed by atoms with Gasteiger partial charge in [-0.3, -0.25) is 0 Å². The second kappa shape index (κ2) is 9.09. The average Bonchev–Trinajstić information content (AvgIpc) is 2.85. The van der Waals surface area contributed by atoms with Crippen molar-refractivity contribution >= 4 is 41.3 Å². The van der Waals surface area contributed by atoms with Gasteiger partial charge < -0.3 is 11.1 Å². The molecule has 0 bridgehead atoms. The van der Waals surface area contributed by atoms with E-state index in [1.165, 1.54) is 0 Å². The number of aryl methyl sites for hydroxylation is 1. The lowest BCUT2D eigenvalue weighted by atomic mass is 10.2. The first-order chi connectivity index (χ1) is 10.1. The van der Waals surface area contributed by atoms with Crippen molar-refractivity contribution in [2.24, 2.45) is 16.6 Å². The summed E-state index contributed by atoms with van der Waals surface area (Å²) >= 11 is 1.68. The van der Waals surface area contributed by atoms with E-state index < -0.39 is 0 Å². The Bertz CT molecular complexity index is 608. The average molecular weight is 430 g/mol. The summed E-state index contributed by atoms with van der Waals surface area (Å²) in [5.41, 5.74) is 8.03. The van der Waals surface area contributed by atoms with Crippen molar-refractivity contribution < 1.29 is 0 Å². The third-order valence-electron chi connectivity index (χ3n) is 3.00. The molecule has 1 aromatic heterocycles. The highest BCUT2D eigenvalue weighted by Gasteiger charge is 2.08. The summed E-state index contributed by atoms with van der Waals surface area (Å²) in [6, 6.07) is 10.2. The molecule has 3 N–H and O–H groups in total. The second-order valence-corrected chi connectivity index (χ2v) is 6.45. The number of hydrogen-bond donors (Lipinski definition) is 2. The fourth-order valence-corrected chi connectivity index (χ4v) is 2.79. The standard InChI is InChI=1S/C16H22N4S.HI/c1-11(2)9-18-16(17)19-10-14-12(3)20-15(21-14)13-7-5-4-6-8-13;/h4-8,11H,9-10H2,1-3H3,(H3,17,18,19);1H. The first kappa shape index (κ1) is 18.9. The Balaban J connectivity index is 0.00000242. The maximum atomic E-state index is 5.86. The molecular formula is C16H23IN4S. The van der Waals surface area contributed by atoms with E-state index in [-0.39, 0.29) is 24.0 Å². The molecule has 4 nitrogen and oxygen atoms in total. The summed E-state index contributed by atoms with van der Waals surface area (Å²) in [4.78, 5) is 10.2. The fraction of sp³-hybridized carbons (Fsp3) is 0.375. The van der Waals surface area contributed by atoms with Crippen molar-refractivity contribution in [2.75, 3.05) is 6.54 Å². The van der Waals surface area contributed by atoms with Crippen LogP contribution in [0.4, 0.5) is 0 Å². The van der Waals surface area contributed by atoms with Gasteiger partial charge in [-0.1, -0.05) is 44.2 Å². The van der Waals surface area contributed by atoms with Gasteiger partial charge in [-0.25, -0.2) is 9.98 Å². The highest BCUT2D eigenvalue weighted by molar-refractivity contribution is 14.0. The minimum absolute atomic E-state index is 0. The molecule has 2 aromatic rings. The summed E-state index contributed by atoms with van der Waals surface area (Å²) in [5, 5.41) is 4.16. The molecule has 0 saturated carbocycles. The third-order valence-corrected chi connectivity index (χ3v) is 4.19. The summed E-state index contributed by atoms with van der Waals surface area (Å²) in [5.74, 6) is 1.05. The van der Waals surface area contributed by atoms with Gasteiger partial charge in [0.15, 0.2) is 5.96 Å². The van der Waals surface area contributed by atoms with E-state index >= 15 is 0 Å². The zero-order chi connectivity index (χ0) is 15.2. The second-order valence-electron chi connectivity index (χ2n) is 5.37. The van der Waals surface area contributed by atoms with Crippen molar-refractivity contribution in [2.45, 2.75) is 27.3 Å². The molecule has 0 unspecified atom stereocenters. The minimum atomic E-state index is 0. The van der Waals surface area contributed by atoms with Crippen LogP contribution < -0.4 is 11.1 Å². The Hall–Kier alpha value is -1.15. The summed E-state index contributed by atoms with van der Waals surface area (Å²) in [7, 11) is 0. The van der Waals surface area contributed by atoms with Crippen LogP contribution in [0, 0.1) is 12.8 Å². The molecule has 1 aromatic carbocycles. The maximum absolute atomic E-state index is 5.86. The summed E-state index contributed by atoms with van der Waals surface area (Å²) in [6.45, 7) is 7.71. The molecule has 0 aliphatic carbocycles. The van der Waals surface area contributed by atoms with Crippen molar-refractivity contribution in [3.05, 3.63) is 40.9 Å². The van der Waals surface area contributed by atoms with Crippen molar-refractivity contribution in [1.29, 1.82) is 0 Å². The van der Waals surface area contributed by atoms with Gasteiger partial charge in [0.2, 0.25) is 0 Å². The SMILES string of the molecule is Cc1nc(-c2ccccc2)sc1CN=C(N)NCC(C)C.I. The van der Waals surface area contributed by atoms with Crippen LogP contribution in [0.25, 0.3) is 10.6 Å². The Morgan fingerprint density at radius 2 is 2.00 bits per heavy atom. The molecule has 0 saturated heterocycles. The Morgan fingerprint density at radius 3 is 2.64 bits per heavy atom. The van der Waals surface area contributed by atoms with Gasteiger partial charge in [-0.2, -0.15) is 0 Å². The predicted molar refractivity (Wildman–Crippen MR) is 106 cm³/mol. The Kier molecular flexibility index (Phi) is 7.81. The molecule has 0 fully saturated rings. The molecule has 0 aliphatic rings. The third kappa shape index (κ3) is 5.57. The lowest BCUT2D eigenvalue weighted by Gasteiger charge is -2.07. The van der Waals surface area contributed by atoms with E-state index in [2.05, 4.69) is 41.3 Å². The number of thiazole rings is 1. The van der Waals surface area contributed by atoms with Gasteiger partial charge in [0.05, 0.1) is 12.2 Å². The molecule has 6 heteroatoms. The summed E-state index contributed by atoms with van der Waals surface area (Å²) < 4.78 is 0. The van der Waals surface area contributed by atoms with Crippen LogP contribution >= 0.6 is 35.3 Å². The Morgan fingerprint density at radius 1 is 1.32 bits per heavy atom. The van der Waals surface area contributed by atoms with E-state index in [4.69, 9.17) is 5.73 Å². The number of aromatic nitrogens is 1. The number of guanidine groups is 1. The normalized spacial score (nSPS) is 11.4.